The highest BCUT2D eigenvalue weighted by Gasteiger charge is 2.46. The molecule has 0 aliphatic carbocycles. The predicted molar refractivity (Wildman–Crippen MR) is 113 cm³/mol. The van der Waals surface area contributed by atoms with E-state index >= 15 is 0 Å². The van der Waals surface area contributed by atoms with Gasteiger partial charge in [-0.1, -0.05) is 6.07 Å². The highest BCUT2D eigenvalue weighted by molar-refractivity contribution is 6.46. The number of amides is 1. The number of nitrogens with one attached hydrogen (secondary N) is 1. The molecule has 1 aliphatic heterocycles. The summed E-state index contributed by atoms with van der Waals surface area (Å²) in [5.74, 6) is -0.823. The number of pyridine rings is 1. The molecule has 1 aromatic carbocycles. The van der Waals surface area contributed by atoms with Crippen LogP contribution in [0.3, 0.4) is 0 Å². The lowest BCUT2D eigenvalue weighted by Crippen LogP contribution is -3.05. The summed E-state index contributed by atoms with van der Waals surface area (Å²) in [5.41, 5.74) is 1.08. The molecule has 7 nitrogen and oxygen atoms in total. The minimum Gasteiger partial charge on any atom is -0.507 e. The number of aliphatic hydroxyl groups is 1. The van der Waals surface area contributed by atoms with Gasteiger partial charge in [0.1, 0.15) is 17.6 Å². The third-order valence-electron chi connectivity index (χ3n) is 5.02. The van der Waals surface area contributed by atoms with E-state index in [2.05, 4.69) is 4.98 Å². The van der Waals surface area contributed by atoms with Crippen molar-refractivity contribution in [2.75, 3.05) is 33.8 Å². The fraction of sp³-hybridized carbons (Fsp3) is 0.348. The first-order valence-electron chi connectivity index (χ1n) is 10.2. The van der Waals surface area contributed by atoms with E-state index in [-0.39, 0.29) is 11.3 Å². The van der Waals surface area contributed by atoms with E-state index in [4.69, 9.17) is 4.74 Å². The topological polar surface area (TPSA) is 84.2 Å². The smallest absolute Gasteiger partial charge is 0.295 e. The minimum absolute atomic E-state index is 0.0695. The lowest BCUT2D eigenvalue weighted by Gasteiger charge is -2.24. The second-order valence-corrected chi connectivity index (χ2v) is 7.52. The van der Waals surface area contributed by atoms with Gasteiger partial charge in [-0.15, -0.1) is 0 Å². The van der Waals surface area contributed by atoms with E-state index in [0.29, 0.717) is 30.2 Å². The van der Waals surface area contributed by atoms with Crippen LogP contribution in [0.4, 0.5) is 0 Å². The Morgan fingerprint density at radius 2 is 1.90 bits per heavy atom. The third-order valence-corrected chi connectivity index (χ3v) is 5.02. The number of Topliss-reactive ketones (excluding diaryl/α,β-unsaturated/α-hetero) is 1. The van der Waals surface area contributed by atoms with E-state index in [1.807, 2.05) is 27.1 Å². The van der Waals surface area contributed by atoms with E-state index in [0.717, 1.165) is 13.0 Å². The molecule has 0 unspecified atom stereocenters. The van der Waals surface area contributed by atoms with Gasteiger partial charge in [-0.05, 0) is 43.3 Å². The van der Waals surface area contributed by atoms with Gasteiger partial charge >= 0.3 is 0 Å². The van der Waals surface area contributed by atoms with Gasteiger partial charge in [0.15, 0.2) is 0 Å². The Balaban J connectivity index is 2.02. The number of carbonyl (C=O) groups excluding carboxylic acids is 2. The number of benzene rings is 1. The highest BCUT2D eigenvalue weighted by atomic mass is 16.5. The molecule has 0 radical (unpaired) electrons. The van der Waals surface area contributed by atoms with Crippen LogP contribution in [0.2, 0.25) is 0 Å². The molecule has 2 N–H and O–H groups in total. The Labute approximate surface area is 176 Å². The zero-order valence-electron chi connectivity index (χ0n) is 17.6. The molecule has 158 valence electrons. The molecule has 1 fully saturated rings. The van der Waals surface area contributed by atoms with Crippen LogP contribution >= 0.6 is 0 Å². The number of aliphatic hydroxyl groups excluding tert-OH is 1. The maximum absolute atomic E-state index is 12.9. The predicted octanol–water partition coefficient (Wildman–Crippen LogP) is 1.44. The van der Waals surface area contributed by atoms with Gasteiger partial charge in [-0.25, -0.2) is 0 Å². The summed E-state index contributed by atoms with van der Waals surface area (Å²) in [5, 5.41) is 11.0. The molecule has 2 aromatic rings. The van der Waals surface area contributed by atoms with Crippen molar-refractivity contribution in [1.29, 1.82) is 0 Å². The number of ether oxygens (including phenoxy) is 1. The van der Waals surface area contributed by atoms with Crippen molar-refractivity contribution in [2.24, 2.45) is 0 Å². The number of hydrogen-bond donors (Lipinski definition) is 2. The Bertz CT molecular complexity index is 923. The molecule has 3 rings (SSSR count). The summed E-state index contributed by atoms with van der Waals surface area (Å²) < 4.78 is 5.44. The molecule has 1 aromatic heterocycles. The number of carbonyl (C=O) groups is 2. The monoisotopic (exact) mass is 410 g/mol. The molecule has 7 heteroatoms. The van der Waals surface area contributed by atoms with Crippen molar-refractivity contribution in [2.45, 2.75) is 19.4 Å². The summed E-state index contributed by atoms with van der Waals surface area (Å²) in [6.07, 6.45) is 2.36. The van der Waals surface area contributed by atoms with E-state index in [1.54, 1.807) is 42.6 Å². The molecule has 1 aliphatic rings. The van der Waals surface area contributed by atoms with Gasteiger partial charge in [0.25, 0.3) is 11.7 Å². The van der Waals surface area contributed by atoms with Crippen LogP contribution in [0, 0.1) is 0 Å². The Hall–Kier alpha value is -3.19. The van der Waals surface area contributed by atoms with Gasteiger partial charge in [0.05, 0.1) is 38.5 Å². The summed E-state index contributed by atoms with van der Waals surface area (Å²) >= 11 is 0. The fourth-order valence-electron chi connectivity index (χ4n) is 3.59. The molecular weight excluding hydrogens is 382 g/mol. The number of rotatable bonds is 8. The van der Waals surface area contributed by atoms with E-state index < -0.39 is 17.7 Å². The average Bonchev–Trinajstić information content (AvgIpc) is 2.99. The summed E-state index contributed by atoms with van der Waals surface area (Å²) in [6, 6.07) is 11.5. The van der Waals surface area contributed by atoms with Gasteiger partial charge in [-0.2, -0.15) is 0 Å². The summed E-state index contributed by atoms with van der Waals surface area (Å²) in [7, 11) is 4.08. The van der Waals surface area contributed by atoms with Crippen LogP contribution in [0.1, 0.15) is 30.6 Å². The molecular formula is C23H28N3O4+. The Kier molecular flexibility index (Phi) is 6.84. The highest BCUT2D eigenvalue weighted by Crippen LogP contribution is 2.38. The fourth-order valence-corrected chi connectivity index (χ4v) is 3.59. The van der Waals surface area contributed by atoms with Gasteiger partial charge in [0.2, 0.25) is 0 Å². The van der Waals surface area contributed by atoms with Crippen LogP contribution in [-0.4, -0.2) is 60.5 Å². The largest absolute Gasteiger partial charge is 0.507 e. The van der Waals surface area contributed by atoms with Crippen molar-refractivity contribution in [3.8, 4) is 5.75 Å². The Morgan fingerprint density at radius 1 is 1.17 bits per heavy atom. The SMILES string of the molecule is CCOc1ccc(C(O)=C2C(=O)C(=O)N(CCC[NH+](C)C)[C@H]2c2ccccn2)cc1. The molecule has 1 atom stereocenters. The number of likely N-dealkylation sites (tertiary alicyclic amines) is 1. The maximum atomic E-state index is 12.9. The van der Waals surface area contributed by atoms with Crippen molar-refractivity contribution >= 4 is 17.4 Å². The van der Waals surface area contributed by atoms with Gasteiger partial charge < -0.3 is 19.6 Å². The van der Waals surface area contributed by atoms with Crippen LogP contribution in [0.15, 0.2) is 54.2 Å². The normalized spacial score (nSPS) is 18.3. The molecule has 2 heterocycles. The van der Waals surface area contributed by atoms with Crippen molar-refractivity contribution in [1.82, 2.24) is 9.88 Å². The number of ketones is 1. The molecule has 0 saturated carbocycles. The summed E-state index contributed by atoms with van der Waals surface area (Å²) in [6.45, 7) is 3.69. The van der Waals surface area contributed by atoms with Gasteiger partial charge in [-0.3, -0.25) is 14.6 Å². The van der Waals surface area contributed by atoms with Crippen molar-refractivity contribution in [3.63, 3.8) is 0 Å². The van der Waals surface area contributed by atoms with Crippen LogP contribution in [0.25, 0.3) is 5.76 Å². The number of quaternary nitrogens is 1. The second-order valence-electron chi connectivity index (χ2n) is 7.52. The molecule has 1 amide bonds. The lowest BCUT2D eigenvalue weighted by molar-refractivity contribution is -0.858. The molecule has 30 heavy (non-hydrogen) atoms. The first-order valence-corrected chi connectivity index (χ1v) is 10.2. The zero-order valence-corrected chi connectivity index (χ0v) is 17.6. The van der Waals surface area contributed by atoms with Crippen LogP contribution in [-0.2, 0) is 9.59 Å². The molecule has 0 bridgehead atoms. The van der Waals surface area contributed by atoms with Gasteiger partial charge in [0, 0.05) is 24.7 Å². The zero-order chi connectivity index (χ0) is 21.7. The van der Waals surface area contributed by atoms with Crippen LogP contribution < -0.4 is 9.64 Å². The standard InChI is InChI=1S/C23H27N3O4/c1-4-30-17-11-9-16(10-12-17)21(27)19-20(18-8-5-6-13-24-18)26(23(29)22(19)28)15-7-14-25(2)3/h5-6,8-13,20,27H,4,7,14-15H2,1-3H3/p+1/t20-/m0/s1. The Morgan fingerprint density at radius 3 is 2.50 bits per heavy atom. The van der Waals surface area contributed by atoms with Crippen molar-refractivity contribution < 1.29 is 24.3 Å². The number of hydrogen-bond acceptors (Lipinski definition) is 5. The maximum Gasteiger partial charge on any atom is 0.295 e. The quantitative estimate of drug-likeness (QED) is 0.391. The summed E-state index contributed by atoms with van der Waals surface area (Å²) in [4.78, 5) is 32.9. The average molecular weight is 410 g/mol. The number of nitrogens with zero attached hydrogens (tertiary/aromatic N) is 2. The third kappa shape index (κ3) is 4.52. The van der Waals surface area contributed by atoms with Crippen molar-refractivity contribution in [3.05, 3.63) is 65.5 Å². The second kappa shape index (κ2) is 9.54. The van der Waals surface area contributed by atoms with E-state index in [1.165, 1.54) is 9.80 Å². The first-order chi connectivity index (χ1) is 14.4. The number of aromatic nitrogens is 1. The van der Waals surface area contributed by atoms with Crippen LogP contribution in [0.5, 0.6) is 5.75 Å². The van der Waals surface area contributed by atoms with E-state index in [9.17, 15) is 14.7 Å². The molecule has 0 spiro atoms. The lowest BCUT2D eigenvalue weighted by atomic mass is 9.98. The molecule has 1 saturated heterocycles. The minimum atomic E-state index is -0.713. The first kappa shape index (κ1) is 21.5.